The zero-order chi connectivity index (χ0) is 13.2. The number of H-pyrrole nitrogens is 1. The summed E-state index contributed by atoms with van der Waals surface area (Å²) in [5.41, 5.74) is 0. The molecule has 0 unspecified atom stereocenters. The van der Waals surface area contributed by atoms with E-state index in [4.69, 9.17) is 0 Å². The summed E-state index contributed by atoms with van der Waals surface area (Å²) in [6, 6.07) is 0. The monoisotopic (exact) mass is 272 g/mol. The standard InChI is InChI=1S/C11H20N4O2S/c1-3-10-12-9-11(13-10)18(16,17)15-7-5-14(4-2)6-8-15/h9H,3-8H2,1-2H3,(H,12,13). The van der Waals surface area contributed by atoms with Crippen LogP contribution in [-0.4, -0.2) is 60.3 Å². The van der Waals surface area contributed by atoms with Crippen molar-refractivity contribution in [1.82, 2.24) is 19.2 Å². The topological polar surface area (TPSA) is 69.3 Å². The van der Waals surface area contributed by atoms with Crippen molar-refractivity contribution in [3.8, 4) is 0 Å². The zero-order valence-corrected chi connectivity index (χ0v) is 11.7. The summed E-state index contributed by atoms with van der Waals surface area (Å²) in [4.78, 5) is 9.17. The number of sulfonamides is 1. The van der Waals surface area contributed by atoms with E-state index in [1.807, 2.05) is 6.92 Å². The highest BCUT2D eigenvalue weighted by molar-refractivity contribution is 7.89. The van der Waals surface area contributed by atoms with Crippen LogP contribution < -0.4 is 0 Å². The summed E-state index contributed by atoms with van der Waals surface area (Å²) in [6.45, 7) is 7.70. The molecule has 2 rings (SSSR count). The number of rotatable bonds is 4. The molecule has 1 fully saturated rings. The molecule has 0 radical (unpaired) electrons. The van der Waals surface area contributed by atoms with Crippen molar-refractivity contribution in [2.75, 3.05) is 32.7 Å². The predicted octanol–water partition coefficient (Wildman–Crippen LogP) is 0.298. The molecule has 6 nitrogen and oxygen atoms in total. The Bertz CT molecular complexity index is 489. The smallest absolute Gasteiger partial charge is 0.260 e. The zero-order valence-electron chi connectivity index (χ0n) is 10.9. The third-order valence-electron chi connectivity index (χ3n) is 3.34. The maximum atomic E-state index is 12.3. The Morgan fingerprint density at radius 1 is 1.28 bits per heavy atom. The summed E-state index contributed by atoms with van der Waals surface area (Å²) in [7, 11) is -3.39. The molecule has 0 aliphatic carbocycles. The van der Waals surface area contributed by atoms with Crippen molar-refractivity contribution in [1.29, 1.82) is 0 Å². The Labute approximate surface area is 108 Å². The highest BCUT2D eigenvalue weighted by Crippen LogP contribution is 2.15. The van der Waals surface area contributed by atoms with E-state index in [1.165, 1.54) is 10.5 Å². The molecule has 0 spiro atoms. The minimum atomic E-state index is -3.39. The van der Waals surface area contributed by atoms with Crippen molar-refractivity contribution in [2.45, 2.75) is 25.3 Å². The van der Waals surface area contributed by atoms with Crippen LogP contribution in [0.1, 0.15) is 19.7 Å². The first-order chi connectivity index (χ1) is 8.57. The number of piperazine rings is 1. The van der Waals surface area contributed by atoms with Gasteiger partial charge in [-0.1, -0.05) is 13.8 Å². The van der Waals surface area contributed by atoms with Gasteiger partial charge in [0.15, 0.2) is 5.03 Å². The Balaban J connectivity index is 2.12. The second-order valence-electron chi connectivity index (χ2n) is 4.39. The number of aryl methyl sites for hydroxylation is 1. The Hall–Kier alpha value is -0.920. The van der Waals surface area contributed by atoms with E-state index in [2.05, 4.69) is 21.8 Å². The van der Waals surface area contributed by atoms with Crippen LogP contribution in [0.4, 0.5) is 0 Å². The summed E-state index contributed by atoms with van der Waals surface area (Å²) in [6.07, 6.45) is 2.12. The number of hydrogen-bond acceptors (Lipinski definition) is 4. The van der Waals surface area contributed by atoms with Gasteiger partial charge in [0.25, 0.3) is 10.0 Å². The van der Waals surface area contributed by atoms with E-state index < -0.39 is 10.0 Å². The second kappa shape index (κ2) is 5.38. The minimum Gasteiger partial charge on any atom is -0.332 e. The Kier molecular flexibility index (Phi) is 4.04. The maximum Gasteiger partial charge on any atom is 0.260 e. The third kappa shape index (κ3) is 2.57. The number of nitrogens with zero attached hydrogens (tertiary/aromatic N) is 3. The number of nitrogens with one attached hydrogen (secondary N) is 1. The third-order valence-corrected chi connectivity index (χ3v) is 5.14. The van der Waals surface area contributed by atoms with Crippen LogP contribution in [0.3, 0.4) is 0 Å². The number of aromatic nitrogens is 2. The summed E-state index contributed by atoms with van der Waals surface area (Å²) >= 11 is 0. The highest BCUT2D eigenvalue weighted by atomic mass is 32.2. The molecule has 7 heteroatoms. The van der Waals surface area contributed by atoms with Crippen LogP contribution in [0.25, 0.3) is 0 Å². The normalized spacial score (nSPS) is 19.2. The number of imidazole rings is 1. The lowest BCUT2D eigenvalue weighted by Gasteiger charge is -2.32. The van der Waals surface area contributed by atoms with Crippen molar-refractivity contribution >= 4 is 10.0 Å². The average Bonchev–Trinajstić information content (AvgIpc) is 2.88. The van der Waals surface area contributed by atoms with Gasteiger partial charge in [-0.15, -0.1) is 0 Å². The van der Waals surface area contributed by atoms with Gasteiger partial charge < -0.3 is 9.88 Å². The molecular formula is C11H20N4O2S. The van der Waals surface area contributed by atoms with E-state index >= 15 is 0 Å². The molecule has 2 heterocycles. The van der Waals surface area contributed by atoms with Gasteiger partial charge >= 0.3 is 0 Å². The molecule has 0 bridgehead atoms. The molecule has 0 saturated carbocycles. The van der Waals surface area contributed by atoms with Gasteiger partial charge in [0.1, 0.15) is 5.82 Å². The quantitative estimate of drug-likeness (QED) is 0.856. The fourth-order valence-electron chi connectivity index (χ4n) is 2.08. The minimum absolute atomic E-state index is 0.212. The maximum absolute atomic E-state index is 12.3. The lowest BCUT2D eigenvalue weighted by Crippen LogP contribution is -2.48. The predicted molar refractivity (Wildman–Crippen MR) is 68.8 cm³/mol. The van der Waals surface area contributed by atoms with Crippen LogP contribution >= 0.6 is 0 Å². The second-order valence-corrected chi connectivity index (χ2v) is 6.29. The van der Waals surface area contributed by atoms with Gasteiger partial charge in [-0.2, -0.15) is 4.31 Å². The van der Waals surface area contributed by atoms with Crippen molar-refractivity contribution in [2.24, 2.45) is 0 Å². The van der Waals surface area contributed by atoms with Gasteiger partial charge in [-0.05, 0) is 6.54 Å². The molecule has 0 amide bonds. The molecule has 1 aliphatic heterocycles. The largest absolute Gasteiger partial charge is 0.332 e. The van der Waals surface area contributed by atoms with Gasteiger partial charge in [0.05, 0.1) is 6.20 Å². The van der Waals surface area contributed by atoms with E-state index in [-0.39, 0.29) is 5.03 Å². The molecule has 18 heavy (non-hydrogen) atoms. The van der Waals surface area contributed by atoms with Crippen molar-refractivity contribution < 1.29 is 8.42 Å². The van der Waals surface area contributed by atoms with Gasteiger partial charge in [-0.25, -0.2) is 13.4 Å². The van der Waals surface area contributed by atoms with Crippen LogP contribution in [0.5, 0.6) is 0 Å². The molecule has 102 valence electrons. The van der Waals surface area contributed by atoms with Gasteiger partial charge in [0.2, 0.25) is 0 Å². The lowest BCUT2D eigenvalue weighted by atomic mass is 10.4. The first-order valence-corrected chi connectivity index (χ1v) is 7.78. The fraction of sp³-hybridized carbons (Fsp3) is 0.727. The van der Waals surface area contributed by atoms with Crippen LogP contribution in [0, 0.1) is 0 Å². The van der Waals surface area contributed by atoms with Crippen LogP contribution in [0.2, 0.25) is 0 Å². The Morgan fingerprint density at radius 3 is 2.44 bits per heavy atom. The number of likely N-dealkylation sites (N-methyl/N-ethyl adjacent to an activating group) is 1. The number of hydrogen-bond donors (Lipinski definition) is 1. The van der Waals surface area contributed by atoms with Gasteiger partial charge in [0, 0.05) is 32.6 Å². The van der Waals surface area contributed by atoms with Crippen molar-refractivity contribution in [3.05, 3.63) is 12.0 Å². The number of aromatic amines is 1. The van der Waals surface area contributed by atoms with Gasteiger partial charge in [-0.3, -0.25) is 0 Å². The lowest BCUT2D eigenvalue weighted by molar-refractivity contribution is 0.196. The molecule has 0 atom stereocenters. The van der Waals surface area contributed by atoms with Crippen molar-refractivity contribution in [3.63, 3.8) is 0 Å². The van der Waals surface area contributed by atoms with E-state index in [1.54, 1.807) is 0 Å². The van der Waals surface area contributed by atoms with Crippen LogP contribution in [-0.2, 0) is 16.4 Å². The summed E-state index contributed by atoms with van der Waals surface area (Å²) < 4.78 is 26.2. The SMILES string of the molecule is CCc1ncc(S(=O)(=O)N2CCN(CC)CC2)[nH]1. The van der Waals surface area contributed by atoms with E-state index in [9.17, 15) is 8.42 Å². The molecule has 1 N–H and O–H groups in total. The molecule has 1 saturated heterocycles. The molecular weight excluding hydrogens is 252 g/mol. The summed E-state index contributed by atoms with van der Waals surface area (Å²) in [5.74, 6) is 0.709. The van der Waals surface area contributed by atoms with E-state index in [0.29, 0.717) is 25.3 Å². The van der Waals surface area contributed by atoms with E-state index in [0.717, 1.165) is 19.6 Å². The average molecular weight is 272 g/mol. The fourth-order valence-corrected chi connectivity index (χ4v) is 3.43. The first-order valence-electron chi connectivity index (χ1n) is 6.34. The first kappa shape index (κ1) is 13.5. The highest BCUT2D eigenvalue weighted by Gasteiger charge is 2.29. The molecule has 1 aromatic heterocycles. The van der Waals surface area contributed by atoms with Crippen LogP contribution in [0.15, 0.2) is 11.2 Å². The Morgan fingerprint density at radius 2 is 1.94 bits per heavy atom. The molecule has 1 aromatic rings. The molecule has 1 aliphatic rings. The summed E-state index contributed by atoms with van der Waals surface area (Å²) in [5, 5.41) is 0.212. The molecule has 0 aromatic carbocycles.